The van der Waals surface area contributed by atoms with Crippen molar-refractivity contribution < 1.29 is 14.6 Å². The van der Waals surface area contributed by atoms with Crippen molar-refractivity contribution in [1.82, 2.24) is 9.55 Å². The van der Waals surface area contributed by atoms with Gasteiger partial charge in [-0.2, -0.15) is 0 Å². The number of hydrogen-bond acceptors (Lipinski definition) is 5. The van der Waals surface area contributed by atoms with Gasteiger partial charge in [-0.15, -0.1) is 0 Å². The van der Waals surface area contributed by atoms with Gasteiger partial charge in [-0.3, -0.25) is 4.99 Å². The minimum atomic E-state index is -0.632. The van der Waals surface area contributed by atoms with Gasteiger partial charge in [0.25, 0.3) is 0 Å². The standard InChI is InChI=1S/C14H15N3O3/c1-9(18)11(14(19)20-3)7-15-10-4-5-13-12(6-10)16-8-17(13)2/h4-8,18H,1-3H3/b11-9-,15-7?. The van der Waals surface area contributed by atoms with Gasteiger partial charge in [0.1, 0.15) is 11.3 Å². The molecule has 0 saturated heterocycles. The van der Waals surface area contributed by atoms with Crippen molar-refractivity contribution >= 4 is 28.9 Å². The summed E-state index contributed by atoms with van der Waals surface area (Å²) in [5.41, 5.74) is 2.46. The number of aryl methyl sites for hydroxylation is 1. The minimum Gasteiger partial charge on any atom is -0.512 e. The Morgan fingerprint density at radius 2 is 2.25 bits per heavy atom. The van der Waals surface area contributed by atoms with E-state index in [1.54, 1.807) is 12.4 Å². The zero-order chi connectivity index (χ0) is 14.7. The molecule has 2 rings (SSSR count). The number of nitrogens with zero attached hydrogens (tertiary/aromatic N) is 3. The summed E-state index contributed by atoms with van der Waals surface area (Å²) in [7, 11) is 3.16. The summed E-state index contributed by atoms with van der Waals surface area (Å²) >= 11 is 0. The largest absolute Gasteiger partial charge is 0.512 e. The molecule has 1 aromatic heterocycles. The van der Waals surface area contributed by atoms with Crippen molar-refractivity contribution in [2.75, 3.05) is 7.11 Å². The van der Waals surface area contributed by atoms with Crippen LogP contribution in [0.25, 0.3) is 11.0 Å². The van der Waals surface area contributed by atoms with Crippen molar-refractivity contribution in [3.8, 4) is 0 Å². The van der Waals surface area contributed by atoms with E-state index in [0.717, 1.165) is 11.0 Å². The Kier molecular flexibility index (Phi) is 3.84. The molecule has 6 nitrogen and oxygen atoms in total. The molecule has 0 atom stereocenters. The molecule has 0 fully saturated rings. The van der Waals surface area contributed by atoms with Crippen molar-refractivity contribution in [3.63, 3.8) is 0 Å². The van der Waals surface area contributed by atoms with E-state index < -0.39 is 5.97 Å². The summed E-state index contributed by atoms with van der Waals surface area (Å²) in [5.74, 6) is -0.771. The van der Waals surface area contributed by atoms with E-state index in [1.807, 2.05) is 23.7 Å². The maximum absolute atomic E-state index is 11.4. The molecule has 0 aliphatic rings. The molecular formula is C14H15N3O3. The number of aliphatic hydroxyl groups excluding tert-OH is 1. The van der Waals surface area contributed by atoms with Crippen LogP contribution in [-0.4, -0.2) is 34.0 Å². The molecular weight excluding hydrogens is 258 g/mol. The molecule has 1 N–H and O–H groups in total. The number of hydrogen-bond donors (Lipinski definition) is 1. The SMILES string of the molecule is COC(=O)/C(C=Nc1ccc2c(c1)ncn2C)=C(/C)O. The molecule has 0 aliphatic carbocycles. The van der Waals surface area contributed by atoms with Crippen LogP contribution in [0.15, 0.2) is 40.9 Å². The lowest BCUT2D eigenvalue weighted by Crippen LogP contribution is -2.08. The Balaban J connectivity index is 2.33. The lowest BCUT2D eigenvalue weighted by molar-refractivity contribution is -0.135. The molecule has 0 spiro atoms. The van der Waals surface area contributed by atoms with E-state index in [4.69, 9.17) is 0 Å². The molecule has 0 unspecified atom stereocenters. The second kappa shape index (κ2) is 5.56. The van der Waals surface area contributed by atoms with Crippen LogP contribution >= 0.6 is 0 Å². The van der Waals surface area contributed by atoms with Crippen LogP contribution in [0.1, 0.15) is 6.92 Å². The van der Waals surface area contributed by atoms with Crippen LogP contribution in [0, 0.1) is 0 Å². The van der Waals surface area contributed by atoms with Crippen LogP contribution < -0.4 is 0 Å². The number of carbonyl (C=O) groups is 1. The number of carbonyl (C=O) groups excluding carboxylic acids is 1. The van der Waals surface area contributed by atoms with Gasteiger partial charge in [0, 0.05) is 13.3 Å². The highest BCUT2D eigenvalue weighted by molar-refractivity contribution is 6.10. The van der Waals surface area contributed by atoms with Gasteiger partial charge in [-0.1, -0.05) is 0 Å². The van der Waals surface area contributed by atoms with Crippen LogP contribution in [0.2, 0.25) is 0 Å². The van der Waals surface area contributed by atoms with E-state index in [2.05, 4.69) is 14.7 Å². The summed E-state index contributed by atoms with van der Waals surface area (Å²) in [5, 5.41) is 9.44. The number of esters is 1. The number of fused-ring (bicyclic) bond motifs is 1. The van der Waals surface area contributed by atoms with Gasteiger partial charge in [-0.05, 0) is 25.1 Å². The zero-order valence-corrected chi connectivity index (χ0v) is 11.5. The summed E-state index contributed by atoms with van der Waals surface area (Å²) in [6.45, 7) is 1.40. The fourth-order valence-electron chi connectivity index (χ4n) is 1.75. The van der Waals surface area contributed by atoms with Gasteiger partial charge >= 0.3 is 5.97 Å². The minimum absolute atomic E-state index is 0.0219. The topological polar surface area (TPSA) is 76.7 Å². The van der Waals surface area contributed by atoms with E-state index in [1.165, 1.54) is 20.2 Å². The summed E-state index contributed by atoms with van der Waals surface area (Å²) in [4.78, 5) is 19.8. The molecule has 0 radical (unpaired) electrons. The number of aliphatic hydroxyl groups is 1. The van der Waals surface area contributed by atoms with Crippen LogP contribution in [-0.2, 0) is 16.6 Å². The van der Waals surface area contributed by atoms with E-state index in [9.17, 15) is 9.90 Å². The van der Waals surface area contributed by atoms with Gasteiger partial charge in [0.15, 0.2) is 0 Å². The zero-order valence-electron chi connectivity index (χ0n) is 11.5. The smallest absolute Gasteiger partial charge is 0.342 e. The third-order valence-corrected chi connectivity index (χ3v) is 2.85. The average Bonchev–Trinajstić information content (AvgIpc) is 2.79. The summed E-state index contributed by atoms with van der Waals surface area (Å²) in [6, 6.07) is 5.50. The van der Waals surface area contributed by atoms with Crippen LogP contribution in [0.5, 0.6) is 0 Å². The first-order chi connectivity index (χ1) is 9.52. The van der Waals surface area contributed by atoms with E-state index >= 15 is 0 Å². The molecule has 2 aromatic rings. The van der Waals surface area contributed by atoms with Crippen LogP contribution in [0.3, 0.4) is 0 Å². The number of rotatable bonds is 3. The molecule has 1 aromatic carbocycles. The molecule has 1 heterocycles. The molecule has 0 aliphatic heterocycles. The molecule has 0 amide bonds. The molecule has 0 saturated carbocycles. The number of benzene rings is 1. The summed E-state index contributed by atoms with van der Waals surface area (Å²) in [6.07, 6.45) is 3.00. The average molecular weight is 273 g/mol. The van der Waals surface area contributed by atoms with Crippen LogP contribution in [0.4, 0.5) is 5.69 Å². The fraction of sp³-hybridized carbons (Fsp3) is 0.214. The Morgan fingerprint density at radius 3 is 2.90 bits per heavy atom. The van der Waals surface area contributed by atoms with Gasteiger partial charge in [0.05, 0.1) is 30.2 Å². The number of methoxy groups -OCH3 is 1. The Labute approximate surface area is 116 Å². The fourth-order valence-corrected chi connectivity index (χ4v) is 1.75. The highest BCUT2D eigenvalue weighted by Gasteiger charge is 2.10. The number of ether oxygens (including phenoxy) is 1. The van der Waals surface area contributed by atoms with Crippen molar-refractivity contribution in [3.05, 3.63) is 35.9 Å². The van der Waals surface area contributed by atoms with Crippen molar-refractivity contribution in [2.45, 2.75) is 6.92 Å². The first kappa shape index (κ1) is 13.8. The second-order valence-corrected chi connectivity index (χ2v) is 4.28. The lowest BCUT2D eigenvalue weighted by atomic mass is 10.2. The Bertz CT molecular complexity index is 710. The molecule has 6 heteroatoms. The molecule has 0 bridgehead atoms. The Morgan fingerprint density at radius 1 is 1.50 bits per heavy atom. The predicted molar refractivity (Wildman–Crippen MR) is 76.2 cm³/mol. The summed E-state index contributed by atoms with van der Waals surface area (Å²) < 4.78 is 6.48. The first-order valence-corrected chi connectivity index (χ1v) is 5.96. The number of aliphatic imine (C=N–C) groups is 1. The van der Waals surface area contributed by atoms with Gasteiger partial charge in [0.2, 0.25) is 0 Å². The normalized spacial score (nSPS) is 12.8. The maximum Gasteiger partial charge on any atom is 0.342 e. The second-order valence-electron chi connectivity index (χ2n) is 4.28. The maximum atomic E-state index is 11.4. The van der Waals surface area contributed by atoms with E-state index in [0.29, 0.717) is 5.69 Å². The van der Waals surface area contributed by atoms with E-state index in [-0.39, 0.29) is 11.3 Å². The Hall–Kier alpha value is -2.63. The highest BCUT2D eigenvalue weighted by atomic mass is 16.5. The van der Waals surface area contributed by atoms with Crippen molar-refractivity contribution in [1.29, 1.82) is 0 Å². The lowest BCUT2D eigenvalue weighted by Gasteiger charge is -2.01. The molecule has 20 heavy (non-hydrogen) atoms. The third kappa shape index (κ3) is 2.69. The third-order valence-electron chi connectivity index (χ3n) is 2.85. The number of allylic oxidation sites excluding steroid dienone is 1. The number of imidazole rings is 1. The number of aromatic nitrogens is 2. The van der Waals surface area contributed by atoms with Gasteiger partial charge < -0.3 is 14.4 Å². The monoisotopic (exact) mass is 273 g/mol. The first-order valence-electron chi connectivity index (χ1n) is 5.96. The molecule has 104 valence electrons. The quantitative estimate of drug-likeness (QED) is 0.403. The highest BCUT2D eigenvalue weighted by Crippen LogP contribution is 2.19. The predicted octanol–water partition coefficient (Wildman–Crippen LogP) is 2.28. The van der Waals surface area contributed by atoms with Gasteiger partial charge in [-0.25, -0.2) is 9.78 Å². The van der Waals surface area contributed by atoms with Crippen molar-refractivity contribution in [2.24, 2.45) is 12.0 Å².